The van der Waals surface area contributed by atoms with Crippen molar-refractivity contribution in [3.05, 3.63) is 85.9 Å². The van der Waals surface area contributed by atoms with Crippen molar-refractivity contribution in [2.24, 2.45) is 5.92 Å². The van der Waals surface area contributed by atoms with Crippen molar-refractivity contribution >= 4 is 34.9 Å². The minimum absolute atomic E-state index is 0.181. The molecule has 0 radical (unpaired) electrons. The molecule has 3 aromatic heterocycles. The summed E-state index contributed by atoms with van der Waals surface area (Å²) in [6.07, 6.45) is 2.42. The van der Waals surface area contributed by atoms with Gasteiger partial charge in [-0.2, -0.15) is 0 Å². The molecule has 1 aliphatic rings. The van der Waals surface area contributed by atoms with Gasteiger partial charge in [0.1, 0.15) is 16.5 Å². The molecule has 4 aromatic rings. The fourth-order valence-corrected chi connectivity index (χ4v) is 6.33. The van der Waals surface area contributed by atoms with E-state index in [4.69, 9.17) is 16.3 Å². The summed E-state index contributed by atoms with van der Waals surface area (Å²) in [6.45, 7) is 9.45. The zero-order valence-electron chi connectivity index (χ0n) is 24.9. The largest absolute Gasteiger partial charge is 0.494 e. The minimum Gasteiger partial charge on any atom is -0.494 e. The van der Waals surface area contributed by atoms with Crippen molar-refractivity contribution in [3.8, 4) is 33.3 Å². The topological polar surface area (TPSA) is 77.3 Å². The van der Waals surface area contributed by atoms with E-state index >= 15 is 0 Å². The molecule has 1 fully saturated rings. The summed E-state index contributed by atoms with van der Waals surface area (Å²) in [5, 5.41) is 2.42. The maximum atomic E-state index is 14.4. The second-order valence-electron chi connectivity index (χ2n) is 11.1. The van der Waals surface area contributed by atoms with Gasteiger partial charge in [0.05, 0.1) is 39.8 Å². The first-order chi connectivity index (χ1) is 21.1. The SMILES string of the molecule is CCOc1ccc(Cl)c(-n2c(C=C(C)C)c(C(=O)N3CCC[C@H](C)C3)cc(-c3nc(-c4ccc(C(F)F)nc4)cs3)c2=O)c1. The lowest BCUT2D eigenvalue weighted by molar-refractivity contribution is 0.0682. The number of ether oxygens (including phenoxy) is 1. The number of rotatable bonds is 8. The maximum Gasteiger partial charge on any atom is 0.280 e. The molecule has 0 aliphatic carbocycles. The first-order valence-electron chi connectivity index (χ1n) is 14.4. The number of hydrogen-bond acceptors (Lipinski definition) is 6. The molecule has 7 nitrogen and oxygen atoms in total. The fourth-order valence-electron chi connectivity index (χ4n) is 5.29. The number of benzene rings is 1. The lowest BCUT2D eigenvalue weighted by atomic mass is 9.98. The second kappa shape index (κ2) is 13.4. The predicted octanol–water partition coefficient (Wildman–Crippen LogP) is 8.31. The highest BCUT2D eigenvalue weighted by molar-refractivity contribution is 7.13. The Bertz CT molecular complexity index is 1760. The summed E-state index contributed by atoms with van der Waals surface area (Å²) in [6, 6.07) is 9.49. The number of allylic oxidation sites excluding steroid dienone is 1. The molecule has 1 amide bonds. The summed E-state index contributed by atoms with van der Waals surface area (Å²) < 4.78 is 33.3. The zero-order chi connectivity index (χ0) is 31.5. The zero-order valence-corrected chi connectivity index (χ0v) is 26.5. The van der Waals surface area contributed by atoms with Crippen LogP contribution in [0.25, 0.3) is 33.6 Å². The summed E-state index contributed by atoms with van der Waals surface area (Å²) in [7, 11) is 0. The number of pyridine rings is 2. The number of carbonyl (C=O) groups excluding carboxylic acids is 1. The molecule has 1 atom stereocenters. The van der Waals surface area contributed by atoms with E-state index in [2.05, 4.69) is 16.9 Å². The number of likely N-dealkylation sites (tertiary alicyclic amines) is 1. The van der Waals surface area contributed by atoms with Gasteiger partial charge in [-0.3, -0.25) is 19.1 Å². The van der Waals surface area contributed by atoms with E-state index < -0.39 is 12.0 Å². The Balaban J connectivity index is 1.75. The monoisotopic (exact) mass is 638 g/mol. The van der Waals surface area contributed by atoms with Crippen molar-refractivity contribution in [1.29, 1.82) is 0 Å². The highest BCUT2D eigenvalue weighted by atomic mass is 35.5. The van der Waals surface area contributed by atoms with Crippen molar-refractivity contribution < 1.29 is 18.3 Å². The van der Waals surface area contributed by atoms with Crippen LogP contribution < -0.4 is 10.3 Å². The summed E-state index contributed by atoms with van der Waals surface area (Å²) in [5.74, 6) is 0.704. The molecule has 0 spiro atoms. The molecule has 44 heavy (non-hydrogen) atoms. The van der Waals surface area contributed by atoms with Crippen LogP contribution in [-0.2, 0) is 0 Å². The van der Waals surface area contributed by atoms with Gasteiger partial charge in [0.2, 0.25) is 0 Å². The van der Waals surface area contributed by atoms with Crippen molar-refractivity contribution in [1.82, 2.24) is 19.4 Å². The minimum atomic E-state index is -2.68. The van der Waals surface area contributed by atoms with Gasteiger partial charge in [0, 0.05) is 36.3 Å². The van der Waals surface area contributed by atoms with Crippen molar-refractivity contribution in [3.63, 3.8) is 0 Å². The Morgan fingerprint density at radius 1 is 1.23 bits per heavy atom. The molecule has 230 valence electrons. The van der Waals surface area contributed by atoms with Gasteiger partial charge in [-0.25, -0.2) is 13.8 Å². The number of halogens is 3. The molecule has 4 heterocycles. The number of aromatic nitrogens is 3. The molecule has 11 heteroatoms. The third kappa shape index (κ3) is 6.61. The van der Waals surface area contributed by atoms with Gasteiger partial charge in [0.15, 0.2) is 0 Å². The van der Waals surface area contributed by atoms with Crippen LogP contribution in [0.1, 0.15) is 68.7 Å². The predicted molar refractivity (Wildman–Crippen MR) is 171 cm³/mol. The third-order valence-corrected chi connectivity index (χ3v) is 8.54. The van der Waals surface area contributed by atoms with Crippen LogP contribution in [0.5, 0.6) is 5.75 Å². The highest BCUT2D eigenvalue weighted by Crippen LogP contribution is 2.33. The quantitative estimate of drug-likeness (QED) is 0.194. The standard InChI is InChI=1S/C33H33ClF2N4O3S/c1-5-43-22-9-10-25(34)29(14-22)40-28(13-19(2)3)23(32(41)39-12-6-7-20(4)17-39)15-24(33(40)42)31-38-27(18-44-31)21-8-11-26(30(35)36)37-16-21/h8-11,13-16,18,20,30H,5-7,12,17H2,1-4H3/t20-/m0/s1. The van der Waals surface area contributed by atoms with Gasteiger partial charge < -0.3 is 9.64 Å². The van der Waals surface area contributed by atoms with E-state index in [1.54, 1.807) is 29.6 Å². The highest BCUT2D eigenvalue weighted by Gasteiger charge is 2.28. The number of alkyl halides is 2. The number of hydrogen-bond donors (Lipinski definition) is 0. The summed E-state index contributed by atoms with van der Waals surface area (Å²) in [5.41, 5.74) is 2.52. The van der Waals surface area contributed by atoms with Crippen LogP contribution in [0.15, 0.2) is 58.3 Å². The Morgan fingerprint density at radius 2 is 2.02 bits per heavy atom. The number of thiazole rings is 1. The van der Waals surface area contributed by atoms with E-state index in [1.165, 1.54) is 34.2 Å². The Labute approximate surface area is 263 Å². The van der Waals surface area contributed by atoms with Crippen LogP contribution in [0, 0.1) is 5.92 Å². The van der Waals surface area contributed by atoms with E-state index in [0.29, 0.717) is 69.6 Å². The number of carbonyl (C=O) groups is 1. The third-order valence-electron chi connectivity index (χ3n) is 7.35. The van der Waals surface area contributed by atoms with Crippen LogP contribution in [0.3, 0.4) is 0 Å². The molecule has 1 aromatic carbocycles. The van der Waals surface area contributed by atoms with Crippen molar-refractivity contribution in [2.45, 2.75) is 47.0 Å². The van der Waals surface area contributed by atoms with E-state index in [9.17, 15) is 18.4 Å². The average Bonchev–Trinajstić information content (AvgIpc) is 3.48. The van der Waals surface area contributed by atoms with Gasteiger partial charge in [-0.15, -0.1) is 11.3 Å². The molecule has 1 aliphatic heterocycles. The second-order valence-corrected chi connectivity index (χ2v) is 12.3. The first-order valence-corrected chi connectivity index (χ1v) is 15.7. The number of piperidine rings is 1. The number of nitrogens with zero attached hydrogens (tertiary/aromatic N) is 4. The van der Waals surface area contributed by atoms with Crippen molar-refractivity contribution in [2.75, 3.05) is 19.7 Å². The molecule has 1 saturated heterocycles. The summed E-state index contributed by atoms with van der Waals surface area (Å²) >= 11 is 7.94. The first kappa shape index (κ1) is 31.5. The van der Waals surface area contributed by atoms with Gasteiger partial charge >= 0.3 is 0 Å². The smallest absolute Gasteiger partial charge is 0.280 e. The molecule has 0 N–H and O–H groups in total. The van der Waals surface area contributed by atoms with E-state index in [1.807, 2.05) is 31.7 Å². The lowest BCUT2D eigenvalue weighted by Crippen LogP contribution is -2.40. The molecular weight excluding hydrogens is 606 g/mol. The fraction of sp³-hybridized carbons (Fsp3) is 0.333. The van der Waals surface area contributed by atoms with E-state index in [0.717, 1.165) is 18.4 Å². The van der Waals surface area contributed by atoms with Crippen LogP contribution in [0.4, 0.5) is 8.78 Å². The molecule has 0 unspecified atom stereocenters. The van der Waals surface area contributed by atoms with E-state index in [-0.39, 0.29) is 17.2 Å². The van der Waals surface area contributed by atoms with Gasteiger partial charge in [-0.1, -0.05) is 24.1 Å². The maximum absolute atomic E-state index is 14.4. The van der Waals surface area contributed by atoms with Gasteiger partial charge in [0.25, 0.3) is 17.9 Å². The number of amides is 1. The lowest BCUT2D eigenvalue weighted by Gasteiger charge is -2.32. The Kier molecular flexibility index (Phi) is 9.60. The van der Waals surface area contributed by atoms with Crippen LogP contribution >= 0.6 is 22.9 Å². The molecule has 5 rings (SSSR count). The van der Waals surface area contributed by atoms with Crippen LogP contribution in [0.2, 0.25) is 5.02 Å². The average molecular weight is 639 g/mol. The van der Waals surface area contributed by atoms with Crippen LogP contribution in [-0.4, -0.2) is 45.0 Å². The van der Waals surface area contributed by atoms with Gasteiger partial charge in [-0.05, 0) is 75.9 Å². The Morgan fingerprint density at radius 3 is 2.68 bits per heavy atom. The normalized spacial score (nSPS) is 15.0. The molecule has 0 bridgehead atoms. The Hall–Kier alpha value is -3.89. The molecule has 0 saturated carbocycles. The summed E-state index contributed by atoms with van der Waals surface area (Å²) in [4.78, 5) is 39.0. The molecular formula is C33H33ClF2N4O3S.